The number of nitrogens with one attached hydrogen (secondary N) is 2. The maximum atomic E-state index is 14.2. The summed E-state index contributed by atoms with van der Waals surface area (Å²) in [6.45, 7) is 14.0. The standard InChI is InChI=1S/C43H68N4O7/c1-13-22-45-41(51)32(24-31-19-16-15-17-20-31)25-35(48)30(6)40(54-12)34-21-18-23-47(34)38(50)27-36(53-11)39(29(5)14-2)46(10)42(52)33(28(3)4)26-37(49)43(7,8)44-9/h1,15-17,19-20,28-30,32-34,36,39-40,44H,14,18,21-27H2,2-12H3,(H,45,51). The van der Waals surface area contributed by atoms with Gasteiger partial charge in [0.2, 0.25) is 17.7 Å². The zero-order valence-corrected chi connectivity index (χ0v) is 34.8. The van der Waals surface area contributed by atoms with E-state index in [-0.39, 0.29) is 73.0 Å². The third-order valence-corrected chi connectivity index (χ3v) is 11.7. The summed E-state index contributed by atoms with van der Waals surface area (Å²) in [5, 5.41) is 5.79. The van der Waals surface area contributed by atoms with E-state index in [1.165, 1.54) is 0 Å². The van der Waals surface area contributed by atoms with Crippen LogP contribution in [0.5, 0.6) is 0 Å². The summed E-state index contributed by atoms with van der Waals surface area (Å²) in [4.78, 5) is 72.1. The number of rotatable bonds is 23. The van der Waals surface area contributed by atoms with E-state index in [0.29, 0.717) is 19.4 Å². The van der Waals surface area contributed by atoms with Gasteiger partial charge in [-0.2, -0.15) is 0 Å². The number of likely N-dealkylation sites (tertiary alicyclic amines) is 1. The molecule has 1 aliphatic heterocycles. The Morgan fingerprint density at radius 1 is 1.02 bits per heavy atom. The van der Waals surface area contributed by atoms with Crippen molar-refractivity contribution in [2.45, 2.75) is 123 Å². The fraction of sp³-hybridized carbons (Fsp3) is 0.698. The molecule has 3 amide bonds. The van der Waals surface area contributed by atoms with E-state index in [1.54, 1.807) is 38.1 Å². The van der Waals surface area contributed by atoms with Crippen LogP contribution in [0.3, 0.4) is 0 Å². The van der Waals surface area contributed by atoms with Crippen molar-refractivity contribution in [3.63, 3.8) is 0 Å². The van der Waals surface area contributed by atoms with Crippen LogP contribution in [0.1, 0.15) is 92.6 Å². The molecule has 0 aromatic heterocycles. The number of ketones is 2. The van der Waals surface area contributed by atoms with Crippen LogP contribution >= 0.6 is 0 Å². The predicted octanol–water partition coefficient (Wildman–Crippen LogP) is 4.70. The Morgan fingerprint density at radius 2 is 1.67 bits per heavy atom. The van der Waals surface area contributed by atoms with E-state index < -0.39 is 41.5 Å². The first-order chi connectivity index (χ1) is 25.5. The van der Waals surface area contributed by atoms with E-state index >= 15 is 0 Å². The number of carbonyl (C=O) groups excluding carboxylic acids is 5. The number of benzene rings is 1. The first kappa shape index (κ1) is 46.6. The highest BCUT2D eigenvalue weighted by Gasteiger charge is 2.43. The van der Waals surface area contributed by atoms with Crippen LogP contribution in [0.2, 0.25) is 0 Å². The molecule has 11 nitrogen and oxygen atoms in total. The molecule has 54 heavy (non-hydrogen) atoms. The molecule has 8 unspecified atom stereocenters. The van der Waals surface area contributed by atoms with E-state index in [1.807, 2.05) is 71.9 Å². The second kappa shape index (κ2) is 22.1. The summed E-state index contributed by atoms with van der Waals surface area (Å²) < 4.78 is 12.0. The SMILES string of the molecule is C#CCNC(=O)C(CC(=O)C(C)C(OC)C1CCCN1C(=O)CC(OC)C(C(C)CC)N(C)C(=O)C(CC(=O)C(C)(C)NC)C(C)C)Cc1ccccc1. The minimum absolute atomic E-state index is 0.00507. The Kier molecular flexibility index (Phi) is 19.0. The van der Waals surface area contributed by atoms with Crippen molar-refractivity contribution in [2.24, 2.45) is 29.6 Å². The molecule has 8 atom stereocenters. The van der Waals surface area contributed by atoms with E-state index in [2.05, 4.69) is 23.5 Å². The van der Waals surface area contributed by atoms with Gasteiger partial charge in [-0.3, -0.25) is 24.0 Å². The molecular formula is C43H68N4O7. The van der Waals surface area contributed by atoms with Crippen LogP contribution in [0, 0.1) is 41.9 Å². The number of Topliss-reactive ketones (excluding diaryl/α,β-unsaturated/α-hetero) is 2. The summed E-state index contributed by atoms with van der Waals surface area (Å²) in [5.41, 5.74) is 0.176. The van der Waals surface area contributed by atoms with Crippen LogP contribution in [-0.4, -0.2) is 110 Å². The molecule has 1 heterocycles. The number of hydrogen-bond donors (Lipinski definition) is 2. The lowest BCUT2D eigenvalue weighted by Gasteiger charge is -2.41. The van der Waals surface area contributed by atoms with Gasteiger partial charge in [0.05, 0.1) is 42.8 Å². The van der Waals surface area contributed by atoms with Gasteiger partial charge >= 0.3 is 0 Å². The fourth-order valence-electron chi connectivity index (χ4n) is 7.67. The normalized spacial score (nSPS) is 18.5. The van der Waals surface area contributed by atoms with Gasteiger partial charge in [0.25, 0.3) is 0 Å². The molecule has 0 spiro atoms. The smallest absolute Gasteiger partial charge is 0.226 e. The number of hydrogen-bond acceptors (Lipinski definition) is 8. The number of nitrogens with zero attached hydrogens (tertiary/aromatic N) is 2. The number of ether oxygens (including phenoxy) is 2. The number of amides is 3. The maximum Gasteiger partial charge on any atom is 0.226 e. The van der Waals surface area contributed by atoms with Crippen molar-refractivity contribution < 1.29 is 33.4 Å². The number of methoxy groups -OCH3 is 2. The Labute approximate surface area is 325 Å². The van der Waals surface area contributed by atoms with Gasteiger partial charge in [-0.25, -0.2) is 0 Å². The summed E-state index contributed by atoms with van der Waals surface area (Å²) in [6, 6.07) is 8.78. The molecule has 2 rings (SSSR count). The highest BCUT2D eigenvalue weighted by atomic mass is 16.5. The Morgan fingerprint density at radius 3 is 2.20 bits per heavy atom. The van der Waals surface area contributed by atoms with Gasteiger partial charge in [0.1, 0.15) is 5.78 Å². The molecule has 1 aliphatic rings. The zero-order chi connectivity index (χ0) is 40.7. The van der Waals surface area contributed by atoms with E-state index in [4.69, 9.17) is 15.9 Å². The van der Waals surface area contributed by atoms with Crippen molar-refractivity contribution in [3.05, 3.63) is 35.9 Å². The van der Waals surface area contributed by atoms with Gasteiger partial charge in [-0.1, -0.05) is 77.3 Å². The van der Waals surface area contributed by atoms with Crippen molar-refractivity contribution in [1.29, 1.82) is 0 Å². The van der Waals surface area contributed by atoms with Crippen molar-refractivity contribution in [3.8, 4) is 12.3 Å². The van der Waals surface area contributed by atoms with Gasteiger partial charge in [0.15, 0.2) is 5.78 Å². The Bertz CT molecular complexity index is 1420. The lowest BCUT2D eigenvalue weighted by molar-refractivity contribution is -0.149. The first-order valence-corrected chi connectivity index (χ1v) is 19.6. The lowest BCUT2D eigenvalue weighted by Crippen LogP contribution is -2.54. The molecule has 2 N–H and O–H groups in total. The molecule has 1 aromatic rings. The molecule has 1 fully saturated rings. The van der Waals surface area contributed by atoms with Gasteiger partial charge in [0, 0.05) is 58.4 Å². The molecular weight excluding hydrogens is 684 g/mol. The van der Waals surface area contributed by atoms with E-state index in [9.17, 15) is 24.0 Å². The molecule has 0 bridgehead atoms. The summed E-state index contributed by atoms with van der Waals surface area (Å²) in [6.07, 6.45) is 6.88. The maximum absolute atomic E-state index is 14.2. The van der Waals surface area contributed by atoms with Gasteiger partial charge < -0.3 is 29.9 Å². The van der Waals surface area contributed by atoms with Crippen molar-refractivity contribution >= 4 is 29.3 Å². The third-order valence-electron chi connectivity index (χ3n) is 11.7. The molecule has 11 heteroatoms. The minimum Gasteiger partial charge on any atom is -0.379 e. The number of likely N-dealkylation sites (N-methyl/N-ethyl adjacent to an activating group) is 2. The van der Waals surface area contributed by atoms with Crippen molar-refractivity contribution in [1.82, 2.24) is 20.4 Å². The molecule has 0 radical (unpaired) electrons. The highest BCUT2D eigenvalue weighted by molar-refractivity contribution is 5.92. The summed E-state index contributed by atoms with van der Waals surface area (Å²) in [5.74, 6) is -0.118. The van der Waals surface area contributed by atoms with Crippen LogP contribution in [0.25, 0.3) is 0 Å². The molecule has 302 valence electrons. The highest BCUT2D eigenvalue weighted by Crippen LogP contribution is 2.32. The summed E-state index contributed by atoms with van der Waals surface area (Å²) in [7, 11) is 6.61. The quantitative estimate of drug-likeness (QED) is 0.154. The second-order valence-corrected chi connectivity index (χ2v) is 15.9. The van der Waals surface area contributed by atoms with E-state index in [0.717, 1.165) is 18.4 Å². The fourth-order valence-corrected chi connectivity index (χ4v) is 7.67. The Hall–Kier alpha value is -3.59. The van der Waals surface area contributed by atoms with Crippen LogP contribution in [-0.2, 0) is 39.9 Å². The van der Waals surface area contributed by atoms with Crippen LogP contribution < -0.4 is 10.6 Å². The molecule has 1 aromatic carbocycles. The number of terminal acetylenes is 1. The molecule has 0 aliphatic carbocycles. The average molecular weight is 753 g/mol. The van der Waals surface area contributed by atoms with Gasteiger partial charge in [-0.05, 0) is 57.6 Å². The van der Waals surface area contributed by atoms with Gasteiger partial charge in [-0.15, -0.1) is 6.42 Å². The first-order valence-electron chi connectivity index (χ1n) is 19.6. The second-order valence-electron chi connectivity index (χ2n) is 15.9. The molecule has 1 saturated heterocycles. The average Bonchev–Trinajstić information content (AvgIpc) is 3.64. The lowest BCUT2D eigenvalue weighted by atomic mass is 9.83. The summed E-state index contributed by atoms with van der Waals surface area (Å²) >= 11 is 0. The van der Waals surface area contributed by atoms with Crippen LogP contribution in [0.15, 0.2) is 30.3 Å². The molecule has 0 saturated carbocycles. The minimum atomic E-state index is -0.765. The number of carbonyl (C=O) groups is 5. The zero-order valence-electron chi connectivity index (χ0n) is 34.8. The monoisotopic (exact) mass is 753 g/mol. The van der Waals surface area contributed by atoms with Crippen LogP contribution in [0.4, 0.5) is 0 Å². The largest absolute Gasteiger partial charge is 0.379 e. The van der Waals surface area contributed by atoms with Crippen molar-refractivity contribution in [2.75, 3.05) is 41.4 Å². The Balaban J connectivity index is 2.29. The topological polar surface area (TPSA) is 134 Å². The third kappa shape index (κ3) is 12.5. The predicted molar refractivity (Wildman–Crippen MR) is 212 cm³/mol.